The zero-order valence-electron chi connectivity index (χ0n) is 10.5. The maximum Gasteiger partial charge on any atom is 0.144 e. The molecule has 1 N–H and O–H groups in total. The molecule has 0 radical (unpaired) electrons. The van der Waals surface area contributed by atoms with Gasteiger partial charge in [-0.25, -0.2) is 4.98 Å². The van der Waals surface area contributed by atoms with Crippen LogP contribution in [0.15, 0.2) is 12.4 Å². The Balaban J connectivity index is 2.44. The molecule has 0 unspecified atom stereocenters. The van der Waals surface area contributed by atoms with Crippen molar-refractivity contribution in [3.05, 3.63) is 18.1 Å². The zero-order chi connectivity index (χ0) is 11.8. The standard InChI is InChI=1S/C12H22N4/c1-4-6-13-12-9-14-11(8-15-12)10-16(3)7-5-2/h8-9H,4-7,10H2,1-3H3,(H,13,15). The first kappa shape index (κ1) is 12.9. The Kier molecular flexibility index (Phi) is 5.78. The van der Waals surface area contributed by atoms with Crippen LogP contribution in [0.4, 0.5) is 5.82 Å². The summed E-state index contributed by atoms with van der Waals surface area (Å²) >= 11 is 0. The average Bonchev–Trinajstić information content (AvgIpc) is 2.28. The van der Waals surface area contributed by atoms with Gasteiger partial charge in [0.25, 0.3) is 0 Å². The summed E-state index contributed by atoms with van der Waals surface area (Å²) in [5.41, 5.74) is 1.03. The Hall–Kier alpha value is -1.16. The summed E-state index contributed by atoms with van der Waals surface area (Å²) < 4.78 is 0. The number of anilines is 1. The maximum atomic E-state index is 4.39. The van der Waals surface area contributed by atoms with Crippen LogP contribution in [-0.2, 0) is 6.54 Å². The third-order valence-electron chi connectivity index (χ3n) is 2.30. The van der Waals surface area contributed by atoms with Gasteiger partial charge in [-0.3, -0.25) is 4.98 Å². The minimum absolute atomic E-state index is 0.865. The van der Waals surface area contributed by atoms with E-state index in [9.17, 15) is 0 Å². The number of nitrogens with one attached hydrogen (secondary N) is 1. The molecule has 90 valence electrons. The van der Waals surface area contributed by atoms with Crippen molar-refractivity contribution in [2.45, 2.75) is 33.2 Å². The van der Waals surface area contributed by atoms with Gasteiger partial charge in [0, 0.05) is 13.1 Å². The average molecular weight is 222 g/mol. The second-order valence-corrected chi connectivity index (χ2v) is 4.06. The van der Waals surface area contributed by atoms with Crippen LogP contribution < -0.4 is 5.32 Å². The van der Waals surface area contributed by atoms with Gasteiger partial charge in [-0.15, -0.1) is 0 Å². The van der Waals surface area contributed by atoms with Crippen LogP contribution in [0, 0.1) is 0 Å². The highest BCUT2D eigenvalue weighted by molar-refractivity contribution is 5.30. The zero-order valence-corrected chi connectivity index (χ0v) is 10.5. The lowest BCUT2D eigenvalue weighted by Gasteiger charge is -2.14. The van der Waals surface area contributed by atoms with E-state index in [-0.39, 0.29) is 0 Å². The lowest BCUT2D eigenvalue weighted by Crippen LogP contribution is -2.19. The summed E-state index contributed by atoms with van der Waals surface area (Å²) in [6.07, 6.45) is 5.93. The van der Waals surface area contributed by atoms with Crippen molar-refractivity contribution in [2.75, 3.05) is 25.5 Å². The lowest BCUT2D eigenvalue weighted by atomic mass is 10.3. The second-order valence-electron chi connectivity index (χ2n) is 4.06. The molecule has 0 spiro atoms. The molecule has 0 saturated heterocycles. The van der Waals surface area contributed by atoms with E-state index in [1.807, 2.05) is 12.4 Å². The summed E-state index contributed by atoms with van der Waals surface area (Å²) in [4.78, 5) is 11.0. The predicted molar refractivity (Wildman–Crippen MR) is 67.4 cm³/mol. The van der Waals surface area contributed by atoms with E-state index in [1.54, 1.807) is 0 Å². The molecule has 0 saturated carbocycles. The molecule has 0 bridgehead atoms. The molecule has 1 aromatic rings. The second kappa shape index (κ2) is 7.17. The maximum absolute atomic E-state index is 4.39. The van der Waals surface area contributed by atoms with Crippen LogP contribution >= 0.6 is 0 Å². The fourth-order valence-corrected chi connectivity index (χ4v) is 1.52. The van der Waals surface area contributed by atoms with Gasteiger partial charge in [0.15, 0.2) is 0 Å². The summed E-state index contributed by atoms with van der Waals surface area (Å²) in [7, 11) is 2.11. The number of aromatic nitrogens is 2. The van der Waals surface area contributed by atoms with Crippen LogP contribution in [0.2, 0.25) is 0 Å². The highest BCUT2D eigenvalue weighted by Crippen LogP contribution is 2.03. The lowest BCUT2D eigenvalue weighted by molar-refractivity contribution is 0.323. The number of nitrogens with zero attached hydrogens (tertiary/aromatic N) is 3. The molecular formula is C12H22N4. The van der Waals surface area contributed by atoms with Gasteiger partial charge in [-0.1, -0.05) is 13.8 Å². The first-order valence-electron chi connectivity index (χ1n) is 5.99. The van der Waals surface area contributed by atoms with Crippen molar-refractivity contribution >= 4 is 5.82 Å². The third kappa shape index (κ3) is 4.57. The van der Waals surface area contributed by atoms with Gasteiger partial charge in [-0.05, 0) is 26.4 Å². The van der Waals surface area contributed by atoms with E-state index in [0.29, 0.717) is 0 Å². The Morgan fingerprint density at radius 3 is 2.56 bits per heavy atom. The highest BCUT2D eigenvalue weighted by Gasteiger charge is 2.01. The van der Waals surface area contributed by atoms with E-state index >= 15 is 0 Å². The third-order valence-corrected chi connectivity index (χ3v) is 2.30. The molecule has 4 heteroatoms. The molecule has 1 heterocycles. The van der Waals surface area contributed by atoms with Gasteiger partial charge < -0.3 is 10.2 Å². The largest absolute Gasteiger partial charge is 0.369 e. The van der Waals surface area contributed by atoms with Gasteiger partial charge in [0.1, 0.15) is 5.82 Å². The fraction of sp³-hybridized carbons (Fsp3) is 0.667. The SMILES string of the molecule is CCCNc1cnc(CN(C)CCC)cn1. The minimum atomic E-state index is 0.865. The number of hydrogen-bond acceptors (Lipinski definition) is 4. The molecule has 16 heavy (non-hydrogen) atoms. The van der Waals surface area contributed by atoms with Gasteiger partial charge in [0.2, 0.25) is 0 Å². The Labute approximate surface area is 98.1 Å². The summed E-state index contributed by atoms with van der Waals surface area (Å²) in [5.74, 6) is 0.865. The molecule has 0 aromatic carbocycles. The van der Waals surface area contributed by atoms with Crippen molar-refractivity contribution in [3.8, 4) is 0 Å². The van der Waals surface area contributed by atoms with E-state index in [0.717, 1.165) is 37.6 Å². The first-order valence-corrected chi connectivity index (χ1v) is 5.99. The Morgan fingerprint density at radius 2 is 2.00 bits per heavy atom. The minimum Gasteiger partial charge on any atom is -0.369 e. The van der Waals surface area contributed by atoms with E-state index < -0.39 is 0 Å². The summed E-state index contributed by atoms with van der Waals surface area (Å²) in [6, 6.07) is 0. The van der Waals surface area contributed by atoms with Crippen molar-refractivity contribution in [2.24, 2.45) is 0 Å². The van der Waals surface area contributed by atoms with Crippen molar-refractivity contribution in [1.82, 2.24) is 14.9 Å². The van der Waals surface area contributed by atoms with Gasteiger partial charge in [-0.2, -0.15) is 0 Å². The molecule has 0 amide bonds. The molecule has 0 fully saturated rings. The normalized spacial score (nSPS) is 10.8. The quantitative estimate of drug-likeness (QED) is 0.767. The summed E-state index contributed by atoms with van der Waals surface area (Å²) in [6.45, 7) is 7.23. The smallest absolute Gasteiger partial charge is 0.144 e. The number of rotatable bonds is 7. The predicted octanol–water partition coefficient (Wildman–Crippen LogP) is 2.14. The van der Waals surface area contributed by atoms with Crippen molar-refractivity contribution in [3.63, 3.8) is 0 Å². The first-order chi connectivity index (χ1) is 7.76. The highest BCUT2D eigenvalue weighted by atomic mass is 15.1. The Morgan fingerprint density at radius 1 is 1.19 bits per heavy atom. The van der Waals surface area contributed by atoms with Crippen LogP contribution in [0.1, 0.15) is 32.4 Å². The molecule has 1 rings (SSSR count). The molecule has 0 aliphatic rings. The van der Waals surface area contributed by atoms with E-state index in [2.05, 4.69) is 41.1 Å². The van der Waals surface area contributed by atoms with Crippen LogP contribution in [0.5, 0.6) is 0 Å². The van der Waals surface area contributed by atoms with E-state index in [1.165, 1.54) is 6.42 Å². The van der Waals surface area contributed by atoms with Crippen LogP contribution in [-0.4, -0.2) is 35.0 Å². The topological polar surface area (TPSA) is 41.1 Å². The fourth-order valence-electron chi connectivity index (χ4n) is 1.52. The molecule has 0 atom stereocenters. The Bertz CT molecular complexity index is 284. The molecule has 4 nitrogen and oxygen atoms in total. The molecular weight excluding hydrogens is 200 g/mol. The number of hydrogen-bond donors (Lipinski definition) is 1. The van der Waals surface area contributed by atoms with Crippen molar-refractivity contribution in [1.29, 1.82) is 0 Å². The van der Waals surface area contributed by atoms with Crippen molar-refractivity contribution < 1.29 is 0 Å². The summed E-state index contributed by atoms with van der Waals surface area (Å²) in [5, 5.41) is 3.21. The molecule has 0 aliphatic heterocycles. The monoisotopic (exact) mass is 222 g/mol. The van der Waals surface area contributed by atoms with Crippen LogP contribution in [0.3, 0.4) is 0 Å². The van der Waals surface area contributed by atoms with Gasteiger partial charge >= 0.3 is 0 Å². The van der Waals surface area contributed by atoms with Gasteiger partial charge in [0.05, 0.1) is 18.1 Å². The van der Waals surface area contributed by atoms with Crippen LogP contribution in [0.25, 0.3) is 0 Å². The van der Waals surface area contributed by atoms with E-state index in [4.69, 9.17) is 0 Å². The molecule has 1 aromatic heterocycles. The molecule has 0 aliphatic carbocycles.